The van der Waals surface area contributed by atoms with Gasteiger partial charge >= 0.3 is 0 Å². The van der Waals surface area contributed by atoms with Gasteiger partial charge in [0.05, 0.1) is 22.4 Å². The molecule has 0 aromatic heterocycles. The Balaban J connectivity index is 0.000000488. The van der Waals surface area contributed by atoms with Crippen LogP contribution in [0.15, 0.2) is 24.3 Å². The van der Waals surface area contributed by atoms with Gasteiger partial charge in [-0.05, 0) is 79.4 Å². The van der Waals surface area contributed by atoms with Gasteiger partial charge < -0.3 is 10.2 Å². The molecule has 0 atom stereocenters. The van der Waals surface area contributed by atoms with Crippen LogP contribution in [0.3, 0.4) is 0 Å². The quantitative estimate of drug-likeness (QED) is 0.417. The van der Waals surface area contributed by atoms with E-state index in [0.29, 0.717) is 12.8 Å². The highest BCUT2D eigenvalue weighted by atomic mass is 17.1. The van der Waals surface area contributed by atoms with E-state index in [0.717, 1.165) is 11.1 Å². The van der Waals surface area contributed by atoms with Crippen LogP contribution in [-0.2, 0) is 21.0 Å². The van der Waals surface area contributed by atoms with Gasteiger partial charge in [-0.15, -0.1) is 0 Å². The van der Waals surface area contributed by atoms with E-state index in [1.807, 2.05) is 24.3 Å². The molecule has 1 aromatic rings. The van der Waals surface area contributed by atoms with Crippen molar-refractivity contribution in [3.05, 3.63) is 35.4 Å². The molecule has 26 heavy (non-hydrogen) atoms. The molecule has 152 valence electrons. The summed E-state index contributed by atoms with van der Waals surface area (Å²) in [4.78, 5) is 8.48. The molecule has 0 heterocycles. The topological polar surface area (TPSA) is 99.4 Å². The van der Waals surface area contributed by atoms with Crippen molar-refractivity contribution >= 4 is 0 Å². The van der Waals surface area contributed by atoms with E-state index in [4.69, 9.17) is 10.5 Å². The highest BCUT2D eigenvalue weighted by Gasteiger charge is 2.25. The number of hydrogen-bond acceptors (Lipinski definition) is 6. The van der Waals surface area contributed by atoms with Gasteiger partial charge in [0.2, 0.25) is 0 Å². The fraction of sp³-hybridized carbons (Fsp3) is 0.700. The highest BCUT2D eigenvalue weighted by Crippen LogP contribution is 2.25. The molecule has 0 radical (unpaired) electrons. The number of hydrogen-bond donors (Lipinski definition) is 4. The summed E-state index contributed by atoms with van der Waals surface area (Å²) in [7, 11) is 0. The minimum absolute atomic E-state index is 0.587. The number of aliphatic hydroxyl groups is 2. The van der Waals surface area contributed by atoms with E-state index in [2.05, 4.69) is 9.78 Å². The van der Waals surface area contributed by atoms with Crippen molar-refractivity contribution in [2.75, 3.05) is 0 Å². The molecule has 0 fully saturated rings. The fourth-order valence-electron chi connectivity index (χ4n) is 1.98. The summed E-state index contributed by atoms with van der Waals surface area (Å²) in [5.41, 5.74) is -1.11. The molecule has 0 unspecified atom stereocenters. The van der Waals surface area contributed by atoms with Gasteiger partial charge in [-0.25, -0.2) is 9.78 Å². The zero-order chi connectivity index (χ0) is 20.8. The molecule has 0 spiro atoms. The van der Waals surface area contributed by atoms with Crippen molar-refractivity contribution in [2.45, 2.75) is 90.6 Å². The van der Waals surface area contributed by atoms with Crippen LogP contribution in [0.4, 0.5) is 0 Å². The summed E-state index contributed by atoms with van der Waals surface area (Å²) in [5, 5.41) is 36.4. The normalized spacial score (nSPS) is 13.2. The summed E-state index contributed by atoms with van der Waals surface area (Å²) in [6.07, 6.45) is 1.22. The average Bonchev–Trinajstić information content (AvgIpc) is 2.52. The third-order valence-electron chi connectivity index (χ3n) is 4.12. The molecule has 4 N–H and O–H groups in total. The van der Waals surface area contributed by atoms with Gasteiger partial charge in [0.15, 0.2) is 0 Å². The van der Waals surface area contributed by atoms with Crippen LogP contribution in [0, 0.1) is 0 Å². The lowest BCUT2D eigenvalue weighted by Crippen LogP contribution is -2.30. The summed E-state index contributed by atoms with van der Waals surface area (Å²) in [6, 6.07) is 7.36. The Morgan fingerprint density at radius 3 is 1.00 bits per heavy atom. The molecule has 6 heteroatoms. The lowest BCUT2D eigenvalue weighted by atomic mass is 9.93. The first kappa shape index (κ1) is 25.0. The van der Waals surface area contributed by atoms with Crippen molar-refractivity contribution in [3.63, 3.8) is 0 Å². The van der Waals surface area contributed by atoms with Gasteiger partial charge in [0.1, 0.15) is 0 Å². The molecule has 0 saturated heterocycles. The van der Waals surface area contributed by atoms with E-state index in [9.17, 15) is 10.2 Å². The third kappa shape index (κ3) is 9.62. The van der Waals surface area contributed by atoms with E-state index in [1.54, 1.807) is 55.4 Å². The Kier molecular flexibility index (Phi) is 8.90. The van der Waals surface area contributed by atoms with Gasteiger partial charge in [-0.1, -0.05) is 24.3 Å². The van der Waals surface area contributed by atoms with Crippen molar-refractivity contribution < 1.29 is 30.5 Å². The zero-order valence-corrected chi connectivity index (χ0v) is 17.3. The number of rotatable bonds is 7. The SMILES string of the molecule is CC(C)(CCC(C)(C)OO)OO.CC(C)(O)c1ccc(C(C)(C)O)cc1. The van der Waals surface area contributed by atoms with E-state index in [1.165, 1.54) is 0 Å². The molecule has 6 nitrogen and oxygen atoms in total. The largest absolute Gasteiger partial charge is 0.386 e. The second-order valence-corrected chi connectivity index (χ2v) is 8.90. The maximum Gasteiger partial charge on any atom is 0.0978 e. The molecule has 0 saturated carbocycles. The van der Waals surface area contributed by atoms with Gasteiger partial charge in [0.25, 0.3) is 0 Å². The Labute approximate surface area is 157 Å². The second-order valence-electron chi connectivity index (χ2n) is 8.90. The first-order valence-corrected chi connectivity index (χ1v) is 8.75. The summed E-state index contributed by atoms with van der Waals surface area (Å²) < 4.78 is 0. The molecule has 1 rings (SSSR count). The van der Waals surface area contributed by atoms with Crippen LogP contribution < -0.4 is 0 Å². The van der Waals surface area contributed by atoms with Crippen molar-refractivity contribution in [1.29, 1.82) is 0 Å². The Bertz CT molecular complexity index is 472. The maximum atomic E-state index is 9.72. The second kappa shape index (κ2) is 9.26. The molecular weight excluding hydrogens is 336 g/mol. The zero-order valence-electron chi connectivity index (χ0n) is 17.3. The average molecular weight is 373 g/mol. The predicted molar refractivity (Wildman–Crippen MR) is 102 cm³/mol. The maximum absolute atomic E-state index is 9.72. The summed E-state index contributed by atoms with van der Waals surface area (Å²) in [6.45, 7) is 14.0. The molecule has 0 aliphatic heterocycles. The Morgan fingerprint density at radius 2 is 0.846 bits per heavy atom. The van der Waals surface area contributed by atoms with Crippen LogP contribution in [-0.4, -0.2) is 31.9 Å². The number of benzene rings is 1. The lowest BCUT2D eigenvalue weighted by Gasteiger charge is -2.26. The molecule has 0 aliphatic carbocycles. The highest BCUT2D eigenvalue weighted by molar-refractivity contribution is 5.29. The smallest absolute Gasteiger partial charge is 0.0978 e. The first-order valence-electron chi connectivity index (χ1n) is 8.75. The van der Waals surface area contributed by atoms with Crippen LogP contribution in [0.1, 0.15) is 79.4 Å². The molecule has 1 aromatic carbocycles. The van der Waals surface area contributed by atoms with E-state index < -0.39 is 22.4 Å². The van der Waals surface area contributed by atoms with Crippen molar-refractivity contribution in [2.24, 2.45) is 0 Å². The standard InChI is InChI=1S/C12H18O2.C8H18O4/c1-11(2,13)9-5-7-10(8-6-9)12(3,4)14;1-7(2,11-9)5-6-8(3,4)12-10/h5-8,13-14H,1-4H3;9-10H,5-6H2,1-4H3. The minimum atomic E-state index is -0.821. The lowest BCUT2D eigenvalue weighted by molar-refractivity contribution is -0.331. The first-order chi connectivity index (χ1) is 11.5. The van der Waals surface area contributed by atoms with Crippen molar-refractivity contribution in [3.8, 4) is 0 Å². The van der Waals surface area contributed by atoms with Gasteiger partial charge in [0, 0.05) is 0 Å². The molecular formula is C20H36O6. The Hall–Kier alpha value is -1.02. The molecule has 0 bridgehead atoms. The minimum Gasteiger partial charge on any atom is -0.386 e. The summed E-state index contributed by atoms with van der Waals surface area (Å²) >= 11 is 0. The predicted octanol–water partition coefficient (Wildman–Crippen LogP) is 4.44. The van der Waals surface area contributed by atoms with Crippen LogP contribution in [0.25, 0.3) is 0 Å². The van der Waals surface area contributed by atoms with Crippen LogP contribution in [0.5, 0.6) is 0 Å². The van der Waals surface area contributed by atoms with E-state index >= 15 is 0 Å². The van der Waals surface area contributed by atoms with Crippen LogP contribution in [0.2, 0.25) is 0 Å². The molecule has 0 aliphatic rings. The van der Waals surface area contributed by atoms with Gasteiger partial charge in [-0.3, -0.25) is 10.5 Å². The summed E-state index contributed by atoms with van der Waals surface area (Å²) in [5.74, 6) is 0. The van der Waals surface area contributed by atoms with Crippen LogP contribution >= 0.6 is 0 Å². The third-order valence-corrected chi connectivity index (χ3v) is 4.12. The monoisotopic (exact) mass is 372 g/mol. The van der Waals surface area contributed by atoms with Crippen molar-refractivity contribution in [1.82, 2.24) is 0 Å². The Morgan fingerprint density at radius 1 is 0.615 bits per heavy atom. The van der Waals surface area contributed by atoms with E-state index in [-0.39, 0.29) is 0 Å². The molecule has 0 amide bonds. The fourth-order valence-corrected chi connectivity index (χ4v) is 1.98. The van der Waals surface area contributed by atoms with Gasteiger partial charge in [-0.2, -0.15) is 0 Å².